The Morgan fingerprint density at radius 1 is 1.16 bits per heavy atom. The molecule has 1 saturated heterocycles. The highest BCUT2D eigenvalue weighted by Crippen LogP contribution is 2.26. The number of primary sulfonamides is 1. The Bertz CT molecular complexity index is 1220. The number of carbonyl (C=O) groups excluding carboxylic acids is 2. The van der Waals surface area contributed by atoms with E-state index in [4.69, 9.17) is 5.14 Å². The smallest absolute Gasteiger partial charge is 0.257 e. The van der Waals surface area contributed by atoms with Gasteiger partial charge in [0, 0.05) is 29.4 Å². The summed E-state index contributed by atoms with van der Waals surface area (Å²) >= 11 is 1.55. The molecule has 3 aromatic rings. The number of thioether (sulfide) groups is 1. The number of carbonyl (C=O) groups is 2. The molecule has 1 aromatic heterocycles. The molecule has 0 bridgehead atoms. The molecule has 8 nitrogen and oxygen atoms in total. The Balaban J connectivity index is 1.37. The number of nitrogens with one attached hydrogen (secondary N) is 2. The molecule has 10 heteroatoms. The third kappa shape index (κ3) is 4.60. The normalized spacial score (nSPS) is 16.5. The van der Waals surface area contributed by atoms with Crippen molar-refractivity contribution in [3.05, 3.63) is 65.9 Å². The topological polar surface area (TPSA) is 125 Å². The molecule has 1 fully saturated rings. The Morgan fingerprint density at radius 2 is 1.90 bits per heavy atom. The molecule has 4 rings (SSSR count). The van der Waals surface area contributed by atoms with Gasteiger partial charge in [0.1, 0.15) is 6.04 Å². The number of benzene rings is 2. The molecule has 0 radical (unpaired) electrons. The lowest BCUT2D eigenvalue weighted by atomic mass is 10.1. The highest BCUT2D eigenvalue weighted by Gasteiger charge is 2.35. The van der Waals surface area contributed by atoms with Gasteiger partial charge in [0.05, 0.1) is 16.3 Å². The zero-order chi connectivity index (χ0) is 22.0. The molecule has 1 atom stereocenters. The zero-order valence-electron chi connectivity index (χ0n) is 16.6. The van der Waals surface area contributed by atoms with Crippen molar-refractivity contribution in [2.45, 2.75) is 17.4 Å². The van der Waals surface area contributed by atoms with E-state index in [2.05, 4.69) is 10.3 Å². The second-order valence-electron chi connectivity index (χ2n) is 7.27. The van der Waals surface area contributed by atoms with Crippen LogP contribution in [0, 0.1) is 0 Å². The lowest BCUT2D eigenvalue weighted by Gasteiger charge is -2.23. The van der Waals surface area contributed by atoms with Crippen LogP contribution in [0.2, 0.25) is 0 Å². The number of aromatic nitrogens is 1. The zero-order valence-corrected chi connectivity index (χ0v) is 18.2. The molecular weight excluding hydrogens is 436 g/mol. The number of H-pyrrole nitrogens is 1. The average Bonchev–Trinajstić information content (AvgIpc) is 3.40. The SMILES string of the molecule is NS(=O)(=O)c1ccc(CCNC(=O)[C@@H]2CSCN2C(=O)c2c[nH]c3ccccc23)cc1. The number of nitrogens with two attached hydrogens (primary N) is 1. The van der Waals surface area contributed by atoms with Crippen molar-refractivity contribution in [1.82, 2.24) is 15.2 Å². The maximum atomic E-state index is 13.1. The molecule has 2 aromatic carbocycles. The van der Waals surface area contributed by atoms with Crippen molar-refractivity contribution in [1.29, 1.82) is 0 Å². The number of nitrogens with zero attached hydrogens (tertiary/aromatic N) is 1. The van der Waals surface area contributed by atoms with Gasteiger partial charge in [-0.3, -0.25) is 9.59 Å². The quantitative estimate of drug-likeness (QED) is 0.518. The summed E-state index contributed by atoms with van der Waals surface area (Å²) in [5, 5.41) is 8.83. The summed E-state index contributed by atoms with van der Waals surface area (Å²) in [7, 11) is -3.72. The molecule has 0 aliphatic carbocycles. The molecule has 2 amide bonds. The largest absolute Gasteiger partial charge is 0.360 e. The van der Waals surface area contributed by atoms with E-state index in [0.717, 1.165) is 16.5 Å². The van der Waals surface area contributed by atoms with Crippen LogP contribution in [0.1, 0.15) is 15.9 Å². The number of hydrogen-bond acceptors (Lipinski definition) is 5. The van der Waals surface area contributed by atoms with Crippen molar-refractivity contribution in [2.75, 3.05) is 18.2 Å². The maximum Gasteiger partial charge on any atom is 0.257 e. The van der Waals surface area contributed by atoms with E-state index in [1.54, 1.807) is 35.0 Å². The Hall–Kier alpha value is -2.82. The number of amides is 2. The Morgan fingerprint density at radius 3 is 2.65 bits per heavy atom. The molecule has 31 heavy (non-hydrogen) atoms. The fourth-order valence-corrected chi connectivity index (χ4v) is 5.23. The molecule has 0 saturated carbocycles. The molecule has 162 valence electrons. The third-order valence-corrected chi connectivity index (χ3v) is 7.17. The van der Waals surface area contributed by atoms with E-state index in [-0.39, 0.29) is 16.7 Å². The van der Waals surface area contributed by atoms with Gasteiger partial charge >= 0.3 is 0 Å². The highest BCUT2D eigenvalue weighted by molar-refractivity contribution is 7.99. The van der Waals surface area contributed by atoms with E-state index < -0.39 is 16.1 Å². The third-order valence-electron chi connectivity index (χ3n) is 5.23. The van der Waals surface area contributed by atoms with Gasteiger partial charge in [-0.1, -0.05) is 30.3 Å². The minimum Gasteiger partial charge on any atom is -0.360 e. The van der Waals surface area contributed by atoms with E-state index in [0.29, 0.717) is 30.2 Å². The Kier molecular flexibility index (Phi) is 6.03. The summed E-state index contributed by atoms with van der Waals surface area (Å²) in [6, 6.07) is 13.3. The molecule has 0 unspecified atom stereocenters. The molecular formula is C21H22N4O4S2. The molecule has 1 aliphatic heterocycles. The maximum absolute atomic E-state index is 13.1. The second kappa shape index (κ2) is 8.74. The van der Waals surface area contributed by atoms with Crippen LogP contribution in [0.3, 0.4) is 0 Å². The van der Waals surface area contributed by atoms with Gasteiger partial charge in [-0.2, -0.15) is 0 Å². The molecule has 1 aliphatic rings. The summed E-state index contributed by atoms with van der Waals surface area (Å²) in [6.07, 6.45) is 2.23. The van der Waals surface area contributed by atoms with Crippen LogP contribution >= 0.6 is 11.8 Å². The Labute approximate surface area is 184 Å². The van der Waals surface area contributed by atoms with Crippen LogP contribution in [0.4, 0.5) is 0 Å². The minimum absolute atomic E-state index is 0.0506. The average molecular weight is 459 g/mol. The first-order valence-electron chi connectivity index (χ1n) is 9.69. The van der Waals surface area contributed by atoms with Gasteiger partial charge in [0.25, 0.3) is 5.91 Å². The fourth-order valence-electron chi connectivity index (χ4n) is 3.56. The molecule has 4 N–H and O–H groups in total. The number of para-hydroxylation sites is 1. The number of aromatic amines is 1. The first kappa shape index (κ1) is 21.4. The van der Waals surface area contributed by atoms with Crippen molar-refractivity contribution in [3.8, 4) is 0 Å². The van der Waals surface area contributed by atoms with Crippen LogP contribution in [-0.2, 0) is 21.2 Å². The van der Waals surface area contributed by atoms with Gasteiger partial charge in [-0.25, -0.2) is 13.6 Å². The van der Waals surface area contributed by atoms with Crippen molar-refractivity contribution in [2.24, 2.45) is 5.14 Å². The van der Waals surface area contributed by atoms with Crippen LogP contribution in [0.15, 0.2) is 59.6 Å². The van der Waals surface area contributed by atoms with Gasteiger partial charge in [0.15, 0.2) is 0 Å². The van der Waals surface area contributed by atoms with E-state index in [1.807, 2.05) is 24.3 Å². The van der Waals surface area contributed by atoms with E-state index in [1.165, 1.54) is 12.1 Å². The van der Waals surface area contributed by atoms with Crippen LogP contribution < -0.4 is 10.5 Å². The number of fused-ring (bicyclic) bond motifs is 1. The highest BCUT2D eigenvalue weighted by atomic mass is 32.2. The summed E-state index contributed by atoms with van der Waals surface area (Å²) in [5.74, 6) is 0.648. The monoisotopic (exact) mass is 458 g/mol. The number of hydrogen-bond donors (Lipinski definition) is 3. The van der Waals surface area contributed by atoms with E-state index >= 15 is 0 Å². The predicted molar refractivity (Wildman–Crippen MR) is 120 cm³/mol. The standard InChI is InChI=1S/C21H22N4O4S2/c22-31(28,29)15-7-5-14(6-8-15)9-10-23-20(26)19-12-30-13-25(19)21(27)17-11-24-18-4-2-1-3-16(17)18/h1-8,11,19,24H,9-10,12-13H2,(H,23,26)(H2,22,28,29)/t19-/m0/s1. The number of rotatable bonds is 6. The van der Waals surface area contributed by atoms with Crippen molar-refractivity contribution >= 4 is 44.5 Å². The van der Waals surface area contributed by atoms with Crippen LogP contribution in [0.5, 0.6) is 0 Å². The van der Waals surface area contributed by atoms with Gasteiger partial charge in [0.2, 0.25) is 15.9 Å². The summed E-state index contributed by atoms with van der Waals surface area (Å²) < 4.78 is 22.6. The second-order valence-corrected chi connectivity index (χ2v) is 9.83. The summed E-state index contributed by atoms with van der Waals surface area (Å²) in [6.45, 7) is 0.379. The van der Waals surface area contributed by atoms with Crippen molar-refractivity contribution < 1.29 is 18.0 Å². The first-order valence-corrected chi connectivity index (χ1v) is 12.4. The minimum atomic E-state index is -3.72. The lowest BCUT2D eigenvalue weighted by molar-refractivity contribution is -0.124. The fraction of sp³-hybridized carbons (Fsp3) is 0.238. The first-order chi connectivity index (χ1) is 14.8. The predicted octanol–water partition coefficient (Wildman–Crippen LogP) is 1.69. The molecule has 0 spiro atoms. The van der Waals surface area contributed by atoms with Gasteiger partial charge in [-0.15, -0.1) is 11.8 Å². The molecule has 2 heterocycles. The van der Waals surface area contributed by atoms with Crippen molar-refractivity contribution in [3.63, 3.8) is 0 Å². The summed E-state index contributed by atoms with van der Waals surface area (Å²) in [4.78, 5) is 30.6. The van der Waals surface area contributed by atoms with Gasteiger partial charge in [-0.05, 0) is 30.2 Å². The summed E-state index contributed by atoms with van der Waals surface area (Å²) in [5.41, 5.74) is 2.32. The van der Waals surface area contributed by atoms with Crippen LogP contribution in [-0.4, -0.2) is 54.3 Å². The van der Waals surface area contributed by atoms with Crippen LogP contribution in [0.25, 0.3) is 10.9 Å². The van der Waals surface area contributed by atoms with Gasteiger partial charge < -0.3 is 15.2 Å². The number of sulfonamides is 1. The van der Waals surface area contributed by atoms with E-state index in [9.17, 15) is 18.0 Å². The lowest BCUT2D eigenvalue weighted by Crippen LogP contribution is -2.47.